The first-order valence-electron chi connectivity index (χ1n) is 11.3. The number of fused-ring (bicyclic) bond motifs is 2. The molecule has 36 heavy (non-hydrogen) atoms. The predicted octanol–water partition coefficient (Wildman–Crippen LogP) is 5.32. The Morgan fingerprint density at radius 3 is 2.67 bits per heavy atom. The van der Waals surface area contributed by atoms with Crippen LogP contribution in [0.25, 0.3) is 31.8 Å². The molecule has 0 radical (unpaired) electrons. The van der Waals surface area contributed by atoms with E-state index >= 15 is 0 Å². The van der Waals surface area contributed by atoms with Gasteiger partial charge in [0.1, 0.15) is 17.7 Å². The van der Waals surface area contributed by atoms with Gasteiger partial charge in [-0.3, -0.25) is 0 Å². The van der Waals surface area contributed by atoms with E-state index in [-0.39, 0.29) is 19.0 Å². The van der Waals surface area contributed by atoms with E-state index < -0.39 is 11.9 Å². The van der Waals surface area contributed by atoms with Crippen LogP contribution in [0.3, 0.4) is 0 Å². The summed E-state index contributed by atoms with van der Waals surface area (Å²) in [4.78, 5) is 13.6. The number of nitrogens with zero attached hydrogens (tertiary/aromatic N) is 3. The van der Waals surface area contributed by atoms with Gasteiger partial charge in [-0.05, 0) is 30.2 Å². The quantitative estimate of drug-likeness (QED) is 0.290. The number of halogens is 1. The predicted molar refractivity (Wildman–Crippen MR) is 137 cm³/mol. The first-order chi connectivity index (χ1) is 17.5. The van der Waals surface area contributed by atoms with E-state index in [1.54, 1.807) is 19.4 Å². The molecule has 1 unspecified atom stereocenters. The maximum absolute atomic E-state index is 14.7. The summed E-state index contributed by atoms with van der Waals surface area (Å²) in [5, 5.41) is 10.9. The zero-order valence-corrected chi connectivity index (χ0v) is 20.6. The van der Waals surface area contributed by atoms with Gasteiger partial charge in [-0.2, -0.15) is 0 Å². The van der Waals surface area contributed by atoms with Crippen molar-refractivity contribution in [3.05, 3.63) is 77.7 Å². The molecule has 0 aliphatic heterocycles. The molecule has 9 heteroatoms. The lowest BCUT2D eigenvalue weighted by atomic mass is 10.1. The number of benzene rings is 3. The molecule has 0 spiro atoms. The molecule has 0 fully saturated rings. The first-order valence-corrected chi connectivity index (χ1v) is 12.2. The summed E-state index contributed by atoms with van der Waals surface area (Å²) < 4.78 is 31.8. The molecular weight excluding hydrogens is 481 g/mol. The largest absolute Gasteiger partial charge is 0.488 e. The van der Waals surface area contributed by atoms with Crippen LogP contribution < -0.4 is 9.47 Å². The fraction of sp³-hybridized carbons (Fsp3) is 0.222. The number of aliphatic hydroxyl groups is 1. The Kier molecular flexibility index (Phi) is 7.04. The Labute approximate surface area is 211 Å². The van der Waals surface area contributed by atoms with Gasteiger partial charge < -0.3 is 19.3 Å². The minimum atomic E-state index is -0.893. The molecule has 2 heterocycles. The monoisotopic (exact) mass is 505 g/mol. The highest BCUT2D eigenvalue weighted by atomic mass is 32.1. The van der Waals surface area contributed by atoms with Crippen molar-refractivity contribution in [1.82, 2.24) is 15.0 Å². The van der Waals surface area contributed by atoms with E-state index in [1.807, 2.05) is 49.4 Å². The average molecular weight is 506 g/mol. The van der Waals surface area contributed by atoms with Crippen molar-refractivity contribution in [2.24, 2.45) is 0 Å². The summed E-state index contributed by atoms with van der Waals surface area (Å²) in [6, 6.07) is 16.5. The number of hydrogen-bond acceptors (Lipinski definition) is 8. The van der Waals surface area contributed by atoms with E-state index in [0.717, 1.165) is 21.4 Å². The third kappa shape index (κ3) is 5.28. The fourth-order valence-electron chi connectivity index (χ4n) is 3.79. The number of aromatic nitrogens is 3. The SMILES string of the molecule is COc1cnc2c(-c3nc4cc(F)c(OCC(O)COCc5ccccc5)cc4s3)cc(C)cc2n1. The summed E-state index contributed by atoms with van der Waals surface area (Å²) in [5.41, 5.74) is 4.73. The second-order valence-electron chi connectivity index (χ2n) is 8.33. The Bertz CT molecular complexity index is 1510. The number of aliphatic hydroxyl groups excluding tert-OH is 1. The smallest absolute Gasteiger partial charge is 0.232 e. The number of methoxy groups -OCH3 is 1. The van der Waals surface area contributed by atoms with Gasteiger partial charge in [0.05, 0.1) is 47.8 Å². The van der Waals surface area contributed by atoms with E-state index in [1.165, 1.54) is 17.4 Å². The fourth-order valence-corrected chi connectivity index (χ4v) is 4.78. The number of thiazole rings is 1. The summed E-state index contributed by atoms with van der Waals surface area (Å²) >= 11 is 1.41. The highest BCUT2D eigenvalue weighted by Gasteiger charge is 2.16. The van der Waals surface area contributed by atoms with Gasteiger partial charge in [0.2, 0.25) is 5.88 Å². The molecule has 0 aliphatic carbocycles. The molecule has 1 N–H and O–H groups in total. The molecule has 0 saturated carbocycles. The minimum Gasteiger partial charge on any atom is -0.488 e. The molecule has 3 aromatic carbocycles. The zero-order valence-electron chi connectivity index (χ0n) is 19.8. The van der Waals surface area contributed by atoms with Gasteiger partial charge in [0.25, 0.3) is 0 Å². The summed E-state index contributed by atoms with van der Waals surface area (Å²) in [7, 11) is 1.55. The molecule has 0 saturated heterocycles. The number of hydrogen-bond donors (Lipinski definition) is 1. The molecule has 5 aromatic rings. The Morgan fingerprint density at radius 2 is 1.86 bits per heavy atom. The van der Waals surface area contributed by atoms with Crippen molar-refractivity contribution in [3.63, 3.8) is 0 Å². The van der Waals surface area contributed by atoms with E-state index in [0.29, 0.717) is 34.0 Å². The van der Waals surface area contributed by atoms with E-state index in [9.17, 15) is 9.50 Å². The maximum Gasteiger partial charge on any atom is 0.232 e. The normalized spacial score (nSPS) is 12.2. The summed E-state index contributed by atoms with van der Waals surface area (Å²) in [6.07, 6.45) is 0.671. The second kappa shape index (κ2) is 10.5. The maximum atomic E-state index is 14.7. The van der Waals surface area contributed by atoms with Crippen molar-refractivity contribution in [1.29, 1.82) is 0 Å². The topological polar surface area (TPSA) is 86.6 Å². The standard InChI is InChI=1S/C27H24FN3O4S/c1-16-8-19(26-22(9-16)30-25(33-2)12-29-26)27-31-21-10-20(28)23(11-24(21)36-27)35-15-18(32)14-34-13-17-6-4-3-5-7-17/h3-12,18,32H,13-15H2,1-2H3. The average Bonchev–Trinajstić information content (AvgIpc) is 3.29. The van der Waals surface area contributed by atoms with E-state index in [2.05, 4.69) is 15.0 Å². The molecule has 2 aromatic heterocycles. The highest BCUT2D eigenvalue weighted by molar-refractivity contribution is 7.21. The number of ether oxygens (including phenoxy) is 3. The molecule has 0 bridgehead atoms. The van der Waals surface area contributed by atoms with Gasteiger partial charge in [-0.25, -0.2) is 19.3 Å². The molecule has 1 atom stereocenters. The number of aryl methyl sites for hydroxylation is 1. The lowest BCUT2D eigenvalue weighted by Crippen LogP contribution is -2.23. The van der Waals surface area contributed by atoms with Crippen molar-refractivity contribution < 1.29 is 23.7 Å². The van der Waals surface area contributed by atoms with Gasteiger partial charge in [-0.1, -0.05) is 30.3 Å². The van der Waals surface area contributed by atoms with Crippen LogP contribution in [0.15, 0.2) is 60.8 Å². The molecule has 5 rings (SSSR count). The van der Waals surface area contributed by atoms with Crippen LogP contribution >= 0.6 is 11.3 Å². The van der Waals surface area contributed by atoms with Crippen LogP contribution in [0.4, 0.5) is 4.39 Å². The van der Waals surface area contributed by atoms with E-state index in [4.69, 9.17) is 14.2 Å². The summed E-state index contributed by atoms with van der Waals surface area (Å²) in [6.45, 7) is 2.34. The van der Waals surface area contributed by atoms with Crippen molar-refractivity contribution in [2.45, 2.75) is 19.6 Å². The Balaban J connectivity index is 1.32. The third-order valence-electron chi connectivity index (χ3n) is 5.50. The summed E-state index contributed by atoms with van der Waals surface area (Å²) in [5.74, 6) is -0.0614. The third-order valence-corrected chi connectivity index (χ3v) is 6.55. The molecular formula is C27H24FN3O4S. The first kappa shape index (κ1) is 24.1. The molecule has 7 nitrogen and oxygen atoms in total. The second-order valence-corrected chi connectivity index (χ2v) is 9.36. The van der Waals surface area contributed by atoms with Gasteiger partial charge >= 0.3 is 0 Å². The highest BCUT2D eigenvalue weighted by Crippen LogP contribution is 2.37. The lowest BCUT2D eigenvalue weighted by molar-refractivity contribution is 0.00488. The zero-order chi connectivity index (χ0) is 25.1. The van der Waals surface area contributed by atoms with Crippen LogP contribution in [0.2, 0.25) is 0 Å². The molecule has 184 valence electrons. The van der Waals surface area contributed by atoms with Gasteiger partial charge in [0, 0.05) is 17.7 Å². The van der Waals surface area contributed by atoms with Crippen LogP contribution in [0.1, 0.15) is 11.1 Å². The van der Waals surface area contributed by atoms with Crippen molar-refractivity contribution in [3.8, 4) is 22.2 Å². The minimum absolute atomic E-state index is 0.0541. The lowest BCUT2D eigenvalue weighted by Gasteiger charge is -2.13. The van der Waals surface area contributed by atoms with Crippen molar-refractivity contribution >= 4 is 32.6 Å². The van der Waals surface area contributed by atoms with Gasteiger partial charge in [-0.15, -0.1) is 11.3 Å². The van der Waals surface area contributed by atoms with Crippen LogP contribution in [0, 0.1) is 12.7 Å². The molecule has 0 aliphatic rings. The molecule has 0 amide bonds. The number of rotatable bonds is 9. The van der Waals surface area contributed by atoms with Crippen LogP contribution in [-0.2, 0) is 11.3 Å². The Hall–Kier alpha value is -3.66. The van der Waals surface area contributed by atoms with Crippen LogP contribution in [-0.4, -0.2) is 46.5 Å². The van der Waals surface area contributed by atoms with Crippen LogP contribution in [0.5, 0.6) is 11.6 Å². The van der Waals surface area contributed by atoms with Gasteiger partial charge in [0.15, 0.2) is 11.6 Å². The van der Waals surface area contributed by atoms with Crippen molar-refractivity contribution in [2.75, 3.05) is 20.3 Å². The Morgan fingerprint density at radius 1 is 1.03 bits per heavy atom.